The van der Waals surface area contributed by atoms with Gasteiger partial charge in [0.05, 0.1) is 12.0 Å². The number of hydrogen-bond donors (Lipinski definition) is 2. The second-order valence-electron chi connectivity index (χ2n) is 12.2. The smallest absolute Gasteiger partial charge is 0.317 e. The van der Waals surface area contributed by atoms with Gasteiger partial charge in [0.15, 0.2) is 0 Å². The van der Waals surface area contributed by atoms with Gasteiger partial charge in [-0.2, -0.15) is 0 Å². The Morgan fingerprint density at radius 2 is 1.59 bits per heavy atom. The quantitative estimate of drug-likeness (QED) is 0.721. The van der Waals surface area contributed by atoms with Gasteiger partial charge in [-0.05, 0) is 86.2 Å². The third-order valence-corrected chi connectivity index (χ3v) is 9.75. The molecule has 1 aromatic carbocycles. The Bertz CT molecular complexity index is 1010. The van der Waals surface area contributed by atoms with Crippen molar-refractivity contribution in [1.29, 1.82) is 0 Å². The first-order chi connectivity index (χ1) is 16.5. The van der Waals surface area contributed by atoms with Crippen molar-refractivity contribution in [2.75, 3.05) is 19.6 Å². The van der Waals surface area contributed by atoms with E-state index in [0.29, 0.717) is 19.0 Å². The Morgan fingerprint density at radius 1 is 0.941 bits per heavy atom. The monoisotopic (exact) mass is 460 g/mol. The standard InChI is InChI=1S/C28H36N4O2/c29-26(33)24-22-16-31(27(34)30-28-13-17-10-18(14-28)12-19(11-17)15-28)8-9-32(22)25(21-6-7-21)23(24)20-4-2-1-3-5-20/h1-5,17-19,21-22,24H,6-16H2,(H2,29,33)(H,30,34). The first kappa shape index (κ1) is 20.8. The van der Waals surface area contributed by atoms with E-state index in [-0.39, 0.29) is 29.4 Å². The number of carbonyl (C=O) groups excluding carboxylic acids is 2. The van der Waals surface area contributed by atoms with Crippen LogP contribution < -0.4 is 11.1 Å². The summed E-state index contributed by atoms with van der Waals surface area (Å²) in [6.07, 6.45) is 9.93. The van der Waals surface area contributed by atoms with Gasteiger partial charge in [0.25, 0.3) is 0 Å². The molecule has 1 aromatic rings. The number of rotatable bonds is 4. The molecule has 2 heterocycles. The van der Waals surface area contributed by atoms with Crippen molar-refractivity contribution in [3.63, 3.8) is 0 Å². The molecule has 0 radical (unpaired) electrons. The number of urea groups is 1. The van der Waals surface area contributed by atoms with E-state index >= 15 is 0 Å². The van der Waals surface area contributed by atoms with E-state index in [4.69, 9.17) is 5.73 Å². The van der Waals surface area contributed by atoms with Gasteiger partial charge in [0.1, 0.15) is 0 Å². The zero-order valence-corrected chi connectivity index (χ0v) is 19.9. The van der Waals surface area contributed by atoms with Gasteiger partial charge in [-0.25, -0.2) is 4.79 Å². The van der Waals surface area contributed by atoms with Crippen molar-refractivity contribution in [2.24, 2.45) is 35.3 Å². The minimum atomic E-state index is -0.367. The molecule has 4 bridgehead atoms. The predicted octanol–water partition coefficient (Wildman–Crippen LogP) is 3.59. The Balaban J connectivity index is 1.14. The Labute approximate surface area is 201 Å². The maximum absolute atomic E-state index is 13.6. The van der Waals surface area contributed by atoms with Gasteiger partial charge < -0.3 is 20.9 Å². The highest BCUT2D eigenvalue weighted by atomic mass is 16.2. The maximum Gasteiger partial charge on any atom is 0.317 e. The number of fused-ring (bicyclic) bond motifs is 1. The van der Waals surface area contributed by atoms with Crippen molar-refractivity contribution in [1.82, 2.24) is 15.1 Å². The molecular weight excluding hydrogens is 424 g/mol. The van der Waals surface area contributed by atoms with Gasteiger partial charge in [-0.15, -0.1) is 0 Å². The maximum atomic E-state index is 13.6. The zero-order chi connectivity index (χ0) is 23.0. The van der Waals surface area contributed by atoms with Crippen LogP contribution >= 0.6 is 0 Å². The summed E-state index contributed by atoms with van der Waals surface area (Å²) in [6, 6.07) is 10.3. The summed E-state index contributed by atoms with van der Waals surface area (Å²) in [7, 11) is 0. The van der Waals surface area contributed by atoms with E-state index in [1.54, 1.807) is 0 Å². The number of amides is 3. The molecule has 3 amide bonds. The van der Waals surface area contributed by atoms with Crippen LogP contribution in [0.1, 0.15) is 56.9 Å². The minimum Gasteiger partial charge on any atom is -0.369 e. The van der Waals surface area contributed by atoms with Crippen molar-refractivity contribution in [2.45, 2.75) is 62.9 Å². The SMILES string of the molecule is NC(=O)C1C(c2ccccc2)=C(C2CC2)N2CCN(C(=O)NC34CC5CC(CC(C5)C3)C4)CC12. The first-order valence-electron chi connectivity index (χ1n) is 13.4. The van der Waals surface area contributed by atoms with E-state index in [9.17, 15) is 9.59 Å². The molecule has 6 nitrogen and oxygen atoms in total. The van der Waals surface area contributed by atoms with Gasteiger partial charge in [0.2, 0.25) is 5.91 Å². The number of nitrogens with zero attached hydrogens (tertiary/aromatic N) is 2. The van der Waals surface area contributed by atoms with E-state index in [1.807, 2.05) is 23.1 Å². The number of nitrogens with one attached hydrogen (secondary N) is 1. The summed E-state index contributed by atoms with van der Waals surface area (Å²) in [5, 5.41) is 3.55. The number of carbonyl (C=O) groups is 2. The summed E-state index contributed by atoms with van der Waals surface area (Å²) < 4.78 is 0. The molecule has 2 unspecified atom stereocenters. The first-order valence-corrected chi connectivity index (χ1v) is 13.4. The molecule has 0 aromatic heterocycles. The van der Waals surface area contributed by atoms with Crippen LogP contribution in [0.5, 0.6) is 0 Å². The predicted molar refractivity (Wildman–Crippen MR) is 130 cm³/mol. The molecule has 2 atom stereocenters. The van der Waals surface area contributed by atoms with Crippen LogP contribution in [-0.4, -0.2) is 53.0 Å². The van der Waals surface area contributed by atoms with Crippen molar-refractivity contribution in [3.8, 4) is 0 Å². The highest BCUT2D eigenvalue weighted by Crippen LogP contribution is 2.56. The molecular formula is C28H36N4O2. The fourth-order valence-corrected chi connectivity index (χ4v) is 8.74. The summed E-state index contributed by atoms with van der Waals surface area (Å²) in [5.41, 5.74) is 9.60. The molecule has 8 rings (SSSR count). The number of benzene rings is 1. The lowest BCUT2D eigenvalue weighted by Crippen LogP contribution is -2.64. The number of primary amides is 1. The van der Waals surface area contributed by atoms with Crippen LogP contribution in [0.2, 0.25) is 0 Å². The van der Waals surface area contributed by atoms with E-state index in [1.165, 1.54) is 37.8 Å². The molecule has 1 saturated heterocycles. The fraction of sp³-hybridized carbons (Fsp3) is 0.643. The Kier molecular flexibility index (Phi) is 4.59. The van der Waals surface area contributed by atoms with Gasteiger partial charge in [-0.3, -0.25) is 4.79 Å². The Hall–Kier alpha value is -2.50. The van der Waals surface area contributed by atoms with E-state index in [2.05, 4.69) is 22.3 Å². The van der Waals surface area contributed by atoms with Crippen molar-refractivity contribution < 1.29 is 9.59 Å². The highest BCUT2D eigenvalue weighted by molar-refractivity contribution is 5.94. The summed E-state index contributed by atoms with van der Waals surface area (Å²) in [6.45, 7) is 2.06. The molecule has 7 aliphatic rings. The number of nitrogens with two attached hydrogens (primary N) is 1. The molecule has 180 valence electrons. The number of allylic oxidation sites excluding steroid dienone is 1. The molecule has 0 spiro atoms. The molecule has 5 saturated carbocycles. The van der Waals surface area contributed by atoms with Crippen LogP contribution in [0, 0.1) is 29.6 Å². The van der Waals surface area contributed by atoms with E-state index < -0.39 is 0 Å². The molecule has 3 N–H and O–H groups in total. The molecule has 5 aliphatic carbocycles. The zero-order valence-electron chi connectivity index (χ0n) is 19.9. The lowest BCUT2D eigenvalue weighted by atomic mass is 9.53. The third kappa shape index (κ3) is 3.28. The Morgan fingerprint density at radius 3 is 2.18 bits per heavy atom. The average molecular weight is 461 g/mol. The second-order valence-corrected chi connectivity index (χ2v) is 12.2. The summed E-state index contributed by atoms with van der Waals surface area (Å²) in [5.74, 6) is 2.29. The van der Waals surface area contributed by atoms with Crippen molar-refractivity contribution in [3.05, 3.63) is 41.6 Å². The van der Waals surface area contributed by atoms with Gasteiger partial charge in [-0.1, -0.05) is 30.3 Å². The lowest BCUT2D eigenvalue weighted by Gasteiger charge is -2.57. The topological polar surface area (TPSA) is 78.7 Å². The minimum absolute atomic E-state index is 0.00829. The largest absolute Gasteiger partial charge is 0.369 e. The number of hydrogen-bond acceptors (Lipinski definition) is 3. The summed E-state index contributed by atoms with van der Waals surface area (Å²) in [4.78, 5) is 30.9. The molecule has 2 aliphatic heterocycles. The van der Waals surface area contributed by atoms with Crippen LogP contribution in [0.25, 0.3) is 5.57 Å². The molecule has 6 fully saturated rings. The third-order valence-electron chi connectivity index (χ3n) is 9.75. The second kappa shape index (κ2) is 7.50. The van der Waals surface area contributed by atoms with Gasteiger partial charge in [0, 0.05) is 30.9 Å². The van der Waals surface area contributed by atoms with Gasteiger partial charge >= 0.3 is 6.03 Å². The molecule has 6 heteroatoms. The van der Waals surface area contributed by atoms with Crippen molar-refractivity contribution >= 4 is 17.5 Å². The van der Waals surface area contributed by atoms with Crippen LogP contribution in [0.4, 0.5) is 4.79 Å². The van der Waals surface area contributed by atoms with Crippen LogP contribution in [0.3, 0.4) is 0 Å². The van der Waals surface area contributed by atoms with Crippen LogP contribution in [0.15, 0.2) is 36.0 Å². The lowest BCUT2D eigenvalue weighted by molar-refractivity contribution is -0.121. The normalized spacial score (nSPS) is 38.3. The van der Waals surface area contributed by atoms with E-state index in [0.717, 1.165) is 54.7 Å². The number of piperazine rings is 1. The fourth-order valence-electron chi connectivity index (χ4n) is 8.74. The van der Waals surface area contributed by atoms with Crippen LogP contribution in [-0.2, 0) is 4.79 Å². The highest BCUT2D eigenvalue weighted by Gasteiger charge is 2.53. The average Bonchev–Trinajstić information content (AvgIpc) is 3.58. The summed E-state index contributed by atoms with van der Waals surface area (Å²) >= 11 is 0. The molecule has 34 heavy (non-hydrogen) atoms.